The van der Waals surface area contributed by atoms with Gasteiger partial charge in [0.05, 0.1) is 54.4 Å². The fourth-order valence-corrected chi connectivity index (χ4v) is 8.19. The third-order valence-corrected chi connectivity index (χ3v) is 12.0. The molecule has 0 saturated carbocycles. The minimum absolute atomic E-state index is 1.24. The zero-order chi connectivity index (χ0) is 36.7. The first-order valence-electron chi connectivity index (χ1n) is 24.0. The van der Waals surface area contributed by atoms with Crippen LogP contribution in [0.4, 0.5) is 0 Å². The monoisotopic (exact) mass is 707 g/mol. The normalized spacial score (nSPS) is 12.4. The SMILES string of the molecule is CCCCCCCCCCCCCCCCCC[N+](C)(C)CCCCCCCC[N+](C)(C)CCCCCCCCCCCCCCCCCC. The minimum atomic E-state index is 1.24. The molecule has 0 spiro atoms. The lowest BCUT2D eigenvalue weighted by Gasteiger charge is -2.30. The van der Waals surface area contributed by atoms with Crippen LogP contribution in [0.3, 0.4) is 0 Å². The smallest absolute Gasteiger partial charge is 0.0782 e. The van der Waals surface area contributed by atoms with Gasteiger partial charge in [-0.25, -0.2) is 0 Å². The standard InChI is InChI=1S/C48H102N2/c1-7-9-11-13-15-17-19-21-23-25-27-29-31-33-37-41-45-49(3,4)47-43-39-35-36-40-44-48-50(5,6)46-42-38-34-32-30-28-26-24-22-20-18-16-14-12-10-8-2/h7-48H2,1-6H3/q+2. The van der Waals surface area contributed by atoms with Gasteiger partial charge in [-0.1, -0.05) is 206 Å². The fraction of sp³-hybridized carbons (Fsp3) is 1.00. The molecule has 0 amide bonds. The first-order chi connectivity index (χ1) is 24.3. The molecular weight excluding hydrogens is 605 g/mol. The molecule has 0 N–H and O–H groups in total. The predicted molar refractivity (Wildman–Crippen MR) is 230 cm³/mol. The van der Waals surface area contributed by atoms with E-state index in [4.69, 9.17) is 0 Å². The van der Waals surface area contributed by atoms with Gasteiger partial charge in [0, 0.05) is 0 Å². The van der Waals surface area contributed by atoms with Gasteiger partial charge >= 0.3 is 0 Å². The Morgan fingerprint density at radius 1 is 0.180 bits per heavy atom. The van der Waals surface area contributed by atoms with Gasteiger partial charge in [0.1, 0.15) is 0 Å². The first kappa shape index (κ1) is 49.9. The Bertz CT molecular complexity index is 572. The fourth-order valence-electron chi connectivity index (χ4n) is 8.19. The van der Waals surface area contributed by atoms with Crippen molar-refractivity contribution >= 4 is 0 Å². The second-order valence-corrected chi connectivity index (χ2v) is 18.5. The van der Waals surface area contributed by atoms with Crippen LogP contribution in [0.1, 0.15) is 258 Å². The molecule has 0 aromatic heterocycles. The van der Waals surface area contributed by atoms with Gasteiger partial charge in [0.15, 0.2) is 0 Å². The van der Waals surface area contributed by atoms with Crippen molar-refractivity contribution in [1.29, 1.82) is 0 Å². The molecule has 0 atom stereocenters. The average Bonchev–Trinajstić information content (AvgIpc) is 3.09. The third-order valence-electron chi connectivity index (χ3n) is 12.0. The molecule has 2 nitrogen and oxygen atoms in total. The Balaban J connectivity index is 3.43. The molecule has 302 valence electrons. The van der Waals surface area contributed by atoms with Crippen LogP contribution in [-0.4, -0.2) is 63.3 Å². The molecule has 0 radical (unpaired) electrons. The summed E-state index contributed by atoms with van der Waals surface area (Å²) in [6.07, 6.45) is 55.5. The zero-order valence-electron chi connectivity index (χ0n) is 36.6. The Morgan fingerprint density at radius 2 is 0.300 bits per heavy atom. The first-order valence-corrected chi connectivity index (χ1v) is 24.0. The average molecular weight is 707 g/mol. The quantitative estimate of drug-likeness (QED) is 0.0437. The lowest BCUT2D eigenvalue weighted by atomic mass is 10.0. The highest BCUT2D eigenvalue weighted by molar-refractivity contribution is 4.53. The summed E-state index contributed by atoms with van der Waals surface area (Å²) in [7, 11) is 9.91. The summed E-state index contributed by atoms with van der Waals surface area (Å²) in [5.41, 5.74) is 0. The van der Waals surface area contributed by atoms with Crippen LogP contribution in [0, 0.1) is 0 Å². The molecule has 0 saturated heterocycles. The van der Waals surface area contributed by atoms with Crippen LogP contribution >= 0.6 is 0 Å². The molecule has 2 heteroatoms. The maximum atomic E-state index is 2.48. The summed E-state index contributed by atoms with van der Waals surface area (Å²) >= 11 is 0. The van der Waals surface area contributed by atoms with Crippen molar-refractivity contribution in [1.82, 2.24) is 0 Å². The van der Waals surface area contributed by atoms with E-state index in [2.05, 4.69) is 42.0 Å². The van der Waals surface area contributed by atoms with E-state index < -0.39 is 0 Å². The molecule has 0 unspecified atom stereocenters. The van der Waals surface area contributed by atoms with Gasteiger partial charge in [-0.2, -0.15) is 0 Å². The molecular formula is C48H102N2+2. The van der Waals surface area contributed by atoms with E-state index in [0.29, 0.717) is 0 Å². The number of hydrogen-bond donors (Lipinski definition) is 0. The van der Waals surface area contributed by atoms with Crippen LogP contribution in [0.5, 0.6) is 0 Å². The van der Waals surface area contributed by atoms with Gasteiger partial charge < -0.3 is 8.97 Å². The van der Waals surface area contributed by atoms with Crippen molar-refractivity contribution < 1.29 is 8.97 Å². The van der Waals surface area contributed by atoms with Crippen molar-refractivity contribution in [2.75, 3.05) is 54.4 Å². The maximum Gasteiger partial charge on any atom is 0.0782 e. The van der Waals surface area contributed by atoms with E-state index in [9.17, 15) is 0 Å². The molecule has 50 heavy (non-hydrogen) atoms. The Hall–Kier alpha value is -0.0800. The lowest BCUT2D eigenvalue weighted by molar-refractivity contribution is -0.890. The third kappa shape index (κ3) is 40.7. The van der Waals surface area contributed by atoms with Gasteiger partial charge in [-0.15, -0.1) is 0 Å². The molecule has 0 fully saturated rings. The number of unbranched alkanes of at least 4 members (excludes halogenated alkanes) is 35. The highest BCUT2D eigenvalue weighted by Crippen LogP contribution is 2.17. The molecule has 0 aliphatic carbocycles. The van der Waals surface area contributed by atoms with Crippen molar-refractivity contribution in [3.63, 3.8) is 0 Å². The highest BCUT2D eigenvalue weighted by atomic mass is 15.3. The van der Waals surface area contributed by atoms with E-state index in [1.807, 2.05) is 0 Å². The zero-order valence-corrected chi connectivity index (χ0v) is 36.6. The molecule has 0 aliphatic heterocycles. The number of hydrogen-bond acceptors (Lipinski definition) is 0. The van der Waals surface area contributed by atoms with Gasteiger partial charge in [0.25, 0.3) is 0 Å². The Morgan fingerprint density at radius 3 is 0.440 bits per heavy atom. The highest BCUT2D eigenvalue weighted by Gasteiger charge is 2.15. The van der Waals surface area contributed by atoms with Gasteiger partial charge in [-0.05, 0) is 51.4 Å². The largest absolute Gasteiger partial charge is 0.328 e. The summed E-state index contributed by atoms with van der Waals surface area (Å²) in [4.78, 5) is 0. The van der Waals surface area contributed by atoms with Crippen LogP contribution in [-0.2, 0) is 0 Å². The van der Waals surface area contributed by atoms with E-state index in [1.165, 1.54) is 279 Å². The van der Waals surface area contributed by atoms with Crippen LogP contribution in [0.2, 0.25) is 0 Å². The summed E-state index contributed by atoms with van der Waals surface area (Å²) in [5.74, 6) is 0. The van der Waals surface area contributed by atoms with Crippen molar-refractivity contribution in [3.05, 3.63) is 0 Å². The molecule has 0 aromatic rings. The van der Waals surface area contributed by atoms with E-state index in [-0.39, 0.29) is 0 Å². The summed E-state index contributed by atoms with van der Waals surface area (Å²) in [6, 6.07) is 0. The van der Waals surface area contributed by atoms with Gasteiger partial charge in [-0.3, -0.25) is 0 Å². The number of rotatable bonds is 43. The number of nitrogens with zero attached hydrogens (tertiary/aromatic N) is 2. The van der Waals surface area contributed by atoms with Crippen LogP contribution < -0.4 is 0 Å². The predicted octanol–water partition coefficient (Wildman–Crippen LogP) is 16.0. The second kappa shape index (κ2) is 38.6. The van der Waals surface area contributed by atoms with E-state index >= 15 is 0 Å². The Labute approximate surface area is 320 Å². The lowest BCUT2D eigenvalue weighted by Crippen LogP contribution is -2.41. The topological polar surface area (TPSA) is 0 Å². The van der Waals surface area contributed by atoms with Crippen LogP contribution in [0.25, 0.3) is 0 Å². The molecule has 0 bridgehead atoms. The second-order valence-electron chi connectivity index (χ2n) is 18.5. The van der Waals surface area contributed by atoms with Crippen molar-refractivity contribution in [2.45, 2.75) is 258 Å². The van der Waals surface area contributed by atoms with Crippen molar-refractivity contribution in [3.8, 4) is 0 Å². The summed E-state index contributed by atoms with van der Waals surface area (Å²) < 4.78 is 2.48. The summed E-state index contributed by atoms with van der Waals surface area (Å²) in [6.45, 7) is 10.1. The molecule has 0 aromatic carbocycles. The molecule has 0 aliphatic rings. The van der Waals surface area contributed by atoms with Crippen molar-refractivity contribution in [2.24, 2.45) is 0 Å². The van der Waals surface area contributed by atoms with E-state index in [1.54, 1.807) is 0 Å². The molecule has 0 heterocycles. The molecule has 0 rings (SSSR count). The maximum absolute atomic E-state index is 2.48. The minimum Gasteiger partial charge on any atom is -0.328 e. The Kier molecular flexibility index (Phi) is 38.6. The van der Waals surface area contributed by atoms with Gasteiger partial charge in [0.2, 0.25) is 0 Å². The number of quaternary nitrogens is 2. The van der Waals surface area contributed by atoms with E-state index in [0.717, 1.165) is 0 Å². The van der Waals surface area contributed by atoms with Crippen LogP contribution in [0.15, 0.2) is 0 Å². The summed E-state index contributed by atoms with van der Waals surface area (Å²) in [5, 5.41) is 0.